The molecule has 1 aliphatic heterocycles. The van der Waals surface area contributed by atoms with Gasteiger partial charge in [-0.25, -0.2) is 4.98 Å². The number of likely N-dealkylation sites (tertiary alicyclic amines) is 1. The SMILES string of the molecule is Nc1ccn2c(CCN3CCCCC3)ncc2c1. The molecule has 1 saturated heterocycles. The number of pyridine rings is 1. The summed E-state index contributed by atoms with van der Waals surface area (Å²) in [4.78, 5) is 7.05. The van der Waals surface area contributed by atoms with Crippen LogP contribution < -0.4 is 5.73 Å². The van der Waals surface area contributed by atoms with Gasteiger partial charge in [0.2, 0.25) is 0 Å². The molecule has 3 heterocycles. The number of aromatic nitrogens is 2. The van der Waals surface area contributed by atoms with Gasteiger partial charge in [-0.3, -0.25) is 0 Å². The minimum atomic E-state index is 0.796. The lowest BCUT2D eigenvalue weighted by molar-refractivity contribution is 0.230. The molecule has 18 heavy (non-hydrogen) atoms. The van der Waals surface area contributed by atoms with Crippen molar-refractivity contribution in [1.29, 1.82) is 0 Å². The molecule has 0 unspecified atom stereocenters. The number of anilines is 1. The van der Waals surface area contributed by atoms with Crippen LogP contribution in [0.5, 0.6) is 0 Å². The van der Waals surface area contributed by atoms with Gasteiger partial charge in [-0.1, -0.05) is 6.42 Å². The van der Waals surface area contributed by atoms with Crippen LogP contribution in [0.4, 0.5) is 5.69 Å². The van der Waals surface area contributed by atoms with E-state index in [9.17, 15) is 0 Å². The van der Waals surface area contributed by atoms with E-state index in [1.807, 2.05) is 24.5 Å². The zero-order chi connectivity index (χ0) is 12.4. The minimum Gasteiger partial charge on any atom is -0.399 e. The Hall–Kier alpha value is -1.55. The van der Waals surface area contributed by atoms with Gasteiger partial charge in [0, 0.05) is 24.8 Å². The average molecular weight is 244 g/mol. The van der Waals surface area contributed by atoms with Crippen molar-refractivity contribution in [2.75, 3.05) is 25.4 Å². The number of imidazole rings is 1. The maximum atomic E-state index is 5.77. The summed E-state index contributed by atoms with van der Waals surface area (Å²) in [5.74, 6) is 1.13. The van der Waals surface area contributed by atoms with Crippen LogP contribution in [0.25, 0.3) is 5.52 Å². The van der Waals surface area contributed by atoms with E-state index in [-0.39, 0.29) is 0 Å². The van der Waals surface area contributed by atoms with E-state index in [0.717, 1.165) is 30.0 Å². The predicted octanol–water partition coefficient (Wildman–Crippen LogP) is 1.94. The summed E-state index contributed by atoms with van der Waals surface area (Å²) < 4.78 is 2.14. The van der Waals surface area contributed by atoms with Crippen LogP contribution in [0.2, 0.25) is 0 Å². The molecule has 0 radical (unpaired) electrons. The quantitative estimate of drug-likeness (QED) is 0.897. The van der Waals surface area contributed by atoms with E-state index in [2.05, 4.69) is 14.3 Å². The van der Waals surface area contributed by atoms with Crippen LogP contribution in [0, 0.1) is 0 Å². The van der Waals surface area contributed by atoms with E-state index < -0.39 is 0 Å². The lowest BCUT2D eigenvalue weighted by atomic mass is 10.1. The molecule has 0 spiro atoms. The second-order valence-corrected chi connectivity index (χ2v) is 5.08. The zero-order valence-corrected chi connectivity index (χ0v) is 10.7. The standard InChI is InChI=1S/C14H20N4/c15-12-4-9-18-13(10-12)11-16-14(18)5-8-17-6-2-1-3-7-17/h4,9-11H,1-3,5-8,15H2. The Balaban J connectivity index is 1.70. The number of nitrogens with zero attached hydrogens (tertiary/aromatic N) is 3. The van der Waals surface area contributed by atoms with Crippen molar-refractivity contribution >= 4 is 11.2 Å². The van der Waals surface area contributed by atoms with E-state index in [0.29, 0.717) is 0 Å². The third-order valence-electron chi connectivity index (χ3n) is 3.73. The Labute approximate surface area is 107 Å². The topological polar surface area (TPSA) is 46.6 Å². The Bertz CT molecular complexity index is 526. The van der Waals surface area contributed by atoms with Crippen molar-refractivity contribution in [2.45, 2.75) is 25.7 Å². The van der Waals surface area contributed by atoms with Gasteiger partial charge in [-0.05, 0) is 38.1 Å². The Morgan fingerprint density at radius 3 is 2.89 bits per heavy atom. The van der Waals surface area contributed by atoms with Gasteiger partial charge in [0.15, 0.2) is 0 Å². The molecule has 2 aromatic heterocycles. The average Bonchev–Trinajstić information content (AvgIpc) is 2.80. The summed E-state index contributed by atoms with van der Waals surface area (Å²) in [6, 6.07) is 3.90. The van der Waals surface area contributed by atoms with Gasteiger partial charge in [-0.2, -0.15) is 0 Å². The van der Waals surface area contributed by atoms with Crippen LogP contribution in [0.15, 0.2) is 24.5 Å². The van der Waals surface area contributed by atoms with Crippen LogP contribution in [-0.2, 0) is 6.42 Å². The third-order valence-corrected chi connectivity index (χ3v) is 3.73. The van der Waals surface area contributed by atoms with E-state index >= 15 is 0 Å². The number of hydrogen-bond donors (Lipinski definition) is 1. The molecule has 0 atom stereocenters. The molecule has 1 aliphatic rings. The van der Waals surface area contributed by atoms with Gasteiger partial charge in [-0.15, -0.1) is 0 Å². The molecule has 0 aliphatic carbocycles. The van der Waals surface area contributed by atoms with Crippen molar-refractivity contribution in [3.63, 3.8) is 0 Å². The van der Waals surface area contributed by atoms with Crippen molar-refractivity contribution in [1.82, 2.24) is 14.3 Å². The number of piperidine rings is 1. The van der Waals surface area contributed by atoms with E-state index in [1.165, 1.54) is 32.4 Å². The van der Waals surface area contributed by atoms with Gasteiger partial charge in [0.25, 0.3) is 0 Å². The highest BCUT2D eigenvalue weighted by Gasteiger charge is 2.11. The predicted molar refractivity (Wildman–Crippen MR) is 73.6 cm³/mol. The Morgan fingerprint density at radius 1 is 1.22 bits per heavy atom. The van der Waals surface area contributed by atoms with Gasteiger partial charge in [0.05, 0.1) is 11.7 Å². The number of nitrogens with two attached hydrogens (primary N) is 1. The Kier molecular flexibility index (Phi) is 3.19. The lowest BCUT2D eigenvalue weighted by Crippen LogP contribution is -2.31. The fraction of sp³-hybridized carbons (Fsp3) is 0.500. The molecule has 0 bridgehead atoms. The van der Waals surface area contributed by atoms with Crippen molar-refractivity contribution < 1.29 is 0 Å². The number of nitrogen functional groups attached to an aromatic ring is 1. The normalized spacial score (nSPS) is 17.3. The second-order valence-electron chi connectivity index (χ2n) is 5.08. The highest BCUT2D eigenvalue weighted by atomic mass is 15.1. The molecule has 4 heteroatoms. The van der Waals surface area contributed by atoms with Gasteiger partial charge < -0.3 is 15.0 Å². The van der Waals surface area contributed by atoms with E-state index in [4.69, 9.17) is 5.73 Å². The molecule has 4 nitrogen and oxygen atoms in total. The monoisotopic (exact) mass is 244 g/mol. The van der Waals surface area contributed by atoms with Crippen molar-refractivity contribution in [2.24, 2.45) is 0 Å². The van der Waals surface area contributed by atoms with Crippen molar-refractivity contribution in [3.8, 4) is 0 Å². The molecule has 0 saturated carbocycles. The molecule has 2 N–H and O–H groups in total. The number of fused-ring (bicyclic) bond motifs is 1. The molecule has 0 aromatic carbocycles. The Morgan fingerprint density at radius 2 is 2.06 bits per heavy atom. The van der Waals surface area contributed by atoms with Crippen LogP contribution in [0.3, 0.4) is 0 Å². The maximum absolute atomic E-state index is 5.77. The zero-order valence-electron chi connectivity index (χ0n) is 10.7. The maximum Gasteiger partial charge on any atom is 0.114 e. The molecule has 1 fully saturated rings. The second kappa shape index (κ2) is 4.98. The summed E-state index contributed by atoms with van der Waals surface area (Å²) in [5.41, 5.74) is 7.66. The van der Waals surface area contributed by atoms with Crippen LogP contribution in [0.1, 0.15) is 25.1 Å². The van der Waals surface area contributed by atoms with Gasteiger partial charge >= 0.3 is 0 Å². The molecular weight excluding hydrogens is 224 g/mol. The summed E-state index contributed by atoms with van der Waals surface area (Å²) in [6.07, 6.45) is 9.02. The largest absolute Gasteiger partial charge is 0.399 e. The lowest BCUT2D eigenvalue weighted by Gasteiger charge is -2.25. The first-order valence-electron chi connectivity index (χ1n) is 6.77. The first-order valence-corrected chi connectivity index (χ1v) is 6.77. The minimum absolute atomic E-state index is 0.796. The summed E-state index contributed by atoms with van der Waals surface area (Å²) in [5, 5.41) is 0. The molecule has 96 valence electrons. The first kappa shape index (κ1) is 11.5. The molecule has 0 amide bonds. The highest BCUT2D eigenvalue weighted by molar-refractivity contribution is 5.55. The molecule has 3 rings (SSSR count). The molecule has 2 aromatic rings. The third kappa shape index (κ3) is 2.34. The van der Waals surface area contributed by atoms with Gasteiger partial charge in [0.1, 0.15) is 5.82 Å². The smallest absolute Gasteiger partial charge is 0.114 e. The van der Waals surface area contributed by atoms with Crippen molar-refractivity contribution in [3.05, 3.63) is 30.4 Å². The highest BCUT2D eigenvalue weighted by Crippen LogP contribution is 2.13. The number of hydrogen-bond acceptors (Lipinski definition) is 3. The number of rotatable bonds is 3. The fourth-order valence-corrected chi connectivity index (χ4v) is 2.70. The fourth-order valence-electron chi connectivity index (χ4n) is 2.70. The van der Waals surface area contributed by atoms with Crippen LogP contribution >= 0.6 is 0 Å². The summed E-state index contributed by atoms with van der Waals surface area (Å²) >= 11 is 0. The van der Waals surface area contributed by atoms with Crippen LogP contribution in [-0.4, -0.2) is 33.9 Å². The summed E-state index contributed by atoms with van der Waals surface area (Å²) in [6.45, 7) is 3.61. The summed E-state index contributed by atoms with van der Waals surface area (Å²) in [7, 11) is 0. The molecular formula is C14H20N4. The van der Waals surface area contributed by atoms with E-state index in [1.54, 1.807) is 0 Å². The first-order chi connectivity index (χ1) is 8.83.